The summed E-state index contributed by atoms with van der Waals surface area (Å²) in [5, 5.41) is 6.61. The lowest BCUT2D eigenvalue weighted by Crippen LogP contribution is -2.45. The van der Waals surface area contributed by atoms with Crippen molar-refractivity contribution >= 4 is 0 Å². The number of nitrogens with one attached hydrogen (secondary N) is 2. The van der Waals surface area contributed by atoms with E-state index in [1.165, 1.54) is 12.1 Å². The maximum Gasteiger partial charge on any atom is 0.129 e. The van der Waals surface area contributed by atoms with Gasteiger partial charge in [-0.2, -0.15) is 0 Å². The maximum atomic E-state index is 13.4. The van der Waals surface area contributed by atoms with Crippen molar-refractivity contribution in [3.63, 3.8) is 0 Å². The summed E-state index contributed by atoms with van der Waals surface area (Å²) in [5.41, 5.74) is 0.566. The van der Waals surface area contributed by atoms with E-state index in [-0.39, 0.29) is 0 Å². The Balaban J connectivity index is 1.61. The molecule has 0 saturated carbocycles. The van der Waals surface area contributed by atoms with E-state index in [9.17, 15) is 8.78 Å². The molecule has 1 aliphatic rings. The molecule has 0 atom stereocenters. The fraction of sp³-hybridized carbons (Fsp3) is 0.571. The second-order valence-electron chi connectivity index (χ2n) is 4.83. The number of benzene rings is 1. The van der Waals surface area contributed by atoms with Crippen molar-refractivity contribution in [1.82, 2.24) is 15.5 Å². The lowest BCUT2D eigenvalue weighted by molar-refractivity contribution is 0.241. The molecular formula is C14H21F2N3. The summed E-state index contributed by atoms with van der Waals surface area (Å²) in [6.07, 6.45) is 0.591. The molecule has 0 radical (unpaired) electrons. The molecule has 2 N–H and O–H groups in total. The normalized spacial score (nSPS) is 16.7. The highest BCUT2D eigenvalue weighted by Gasteiger charge is 2.08. The predicted molar refractivity (Wildman–Crippen MR) is 72.2 cm³/mol. The van der Waals surface area contributed by atoms with Crippen LogP contribution < -0.4 is 10.6 Å². The van der Waals surface area contributed by atoms with Gasteiger partial charge in [0.15, 0.2) is 0 Å². The van der Waals surface area contributed by atoms with Crippen LogP contribution in [0.1, 0.15) is 5.56 Å². The van der Waals surface area contributed by atoms with E-state index in [0.29, 0.717) is 18.5 Å². The van der Waals surface area contributed by atoms with Crippen LogP contribution in [0.15, 0.2) is 18.2 Å². The Morgan fingerprint density at radius 3 is 2.68 bits per heavy atom. The zero-order chi connectivity index (χ0) is 13.5. The maximum absolute atomic E-state index is 13.4. The van der Waals surface area contributed by atoms with Gasteiger partial charge >= 0.3 is 0 Å². The van der Waals surface area contributed by atoms with Gasteiger partial charge < -0.3 is 10.6 Å². The molecule has 0 unspecified atom stereocenters. The van der Waals surface area contributed by atoms with Crippen LogP contribution in [0.5, 0.6) is 0 Å². The van der Waals surface area contributed by atoms with Crippen LogP contribution in [0, 0.1) is 11.6 Å². The molecule has 2 rings (SSSR count). The second-order valence-corrected chi connectivity index (χ2v) is 4.83. The van der Waals surface area contributed by atoms with E-state index < -0.39 is 11.6 Å². The van der Waals surface area contributed by atoms with E-state index in [4.69, 9.17) is 0 Å². The minimum atomic E-state index is -0.520. The third-order valence-corrected chi connectivity index (χ3v) is 3.40. The molecule has 106 valence electrons. The van der Waals surface area contributed by atoms with Gasteiger partial charge in [-0.15, -0.1) is 0 Å². The van der Waals surface area contributed by atoms with Crippen LogP contribution in [0.3, 0.4) is 0 Å². The fourth-order valence-corrected chi connectivity index (χ4v) is 2.24. The van der Waals surface area contributed by atoms with Crippen molar-refractivity contribution in [2.45, 2.75) is 6.42 Å². The van der Waals surface area contributed by atoms with Crippen molar-refractivity contribution < 1.29 is 8.78 Å². The number of piperazine rings is 1. The summed E-state index contributed by atoms with van der Waals surface area (Å²) in [6, 6.07) is 3.76. The molecule has 0 amide bonds. The van der Waals surface area contributed by atoms with E-state index in [0.717, 1.165) is 45.3 Å². The third kappa shape index (κ3) is 4.86. The van der Waals surface area contributed by atoms with Crippen LogP contribution in [0.25, 0.3) is 0 Å². The van der Waals surface area contributed by atoms with Gasteiger partial charge in [0.2, 0.25) is 0 Å². The third-order valence-electron chi connectivity index (χ3n) is 3.40. The van der Waals surface area contributed by atoms with Gasteiger partial charge in [-0.05, 0) is 24.6 Å². The molecule has 1 aromatic carbocycles. The zero-order valence-electron chi connectivity index (χ0n) is 11.1. The number of hydrogen-bond donors (Lipinski definition) is 2. The smallest absolute Gasteiger partial charge is 0.129 e. The summed E-state index contributed by atoms with van der Waals surface area (Å²) in [6.45, 7) is 6.94. The Labute approximate surface area is 113 Å². The first-order valence-electron chi connectivity index (χ1n) is 6.83. The first kappa shape index (κ1) is 14.4. The number of halogens is 2. The average molecular weight is 269 g/mol. The van der Waals surface area contributed by atoms with Crippen LogP contribution in [-0.4, -0.2) is 50.7 Å². The van der Waals surface area contributed by atoms with E-state index >= 15 is 0 Å². The lowest BCUT2D eigenvalue weighted by atomic mass is 10.1. The van der Waals surface area contributed by atoms with Gasteiger partial charge in [0.25, 0.3) is 0 Å². The molecule has 19 heavy (non-hydrogen) atoms. The van der Waals surface area contributed by atoms with Gasteiger partial charge in [0, 0.05) is 45.3 Å². The molecule has 1 heterocycles. The molecule has 5 heteroatoms. The van der Waals surface area contributed by atoms with Crippen molar-refractivity contribution in [2.75, 3.05) is 45.8 Å². The molecule has 0 aliphatic carbocycles. The van der Waals surface area contributed by atoms with Gasteiger partial charge in [0.05, 0.1) is 0 Å². The number of rotatable bonds is 6. The van der Waals surface area contributed by atoms with Gasteiger partial charge in [0.1, 0.15) is 11.6 Å². The minimum absolute atomic E-state index is 0.455. The quantitative estimate of drug-likeness (QED) is 0.755. The molecule has 1 saturated heterocycles. The lowest BCUT2D eigenvalue weighted by Gasteiger charge is -2.27. The summed E-state index contributed by atoms with van der Waals surface area (Å²) in [7, 11) is 0. The average Bonchev–Trinajstić information content (AvgIpc) is 2.42. The van der Waals surface area contributed by atoms with E-state index in [1.807, 2.05) is 0 Å². The SMILES string of the molecule is Fc1ccc(CCNCCN2CCNCC2)c(F)c1. The van der Waals surface area contributed by atoms with Crippen molar-refractivity contribution in [3.05, 3.63) is 35.4 Å². The van der Waals surface area contributed by atoms with Crippen molar-refractivity contribution in [1.29, 1.82) is 0 Å². The fourth-order valence-electron chi connectivity index (χ4n) is 2.24. The van der Waals surface area contributed by atoms with Crippen molar-refractivity contribution in [3.8, 4) is 0 Å². The van der Waals surface area contributed by atoms with Crippen LogP contribution in [0.2, 0.25) is 0 Å². The summed E-state index contributed by atoms with van der Waals surface area (Å²) in [4.78, 5) is 2.40. The number of nitrogens with zero attached hydrogens (tertiary/aromatic N) is 1. The molecule has 0 aromatic heterocycles. The molecule has 1 aromatic rings. The highest BCUT2D eigenvalue weighted by atomic mass is 19.1. The summed E-state index contributed by atoms with van der Waals surface area (Å²) >= 11 is 0. The van der Waals surface area contributed by atoms with Crippen LogP contribution in [-0.2, 0) is 6.42 Å². The Bertz CT molecular complexity index is 392. The molecular weight excluding hydrogens is 248 g/mol. The topological polar surface area (TPSA) is 27.3 Å². The molecule has 1 fully saturated rings. The highest BCUT2D eigenvalue weighted by molar-refractivity contribution is 5.18. The van der Waals surface area contributed by atoms with Crippen LogP contribution in [0.4, 0.5) is 8.78 Å². The molecule has 0 bridgehead atoms. The molecule has 0 spiro atoms. The summed E-state index contributed by atoms with van der Waals surface area (Å²) in [5.74, 6) is -0.975. The van der Waals surface area contributed by atoms with Crippen molar-refractivity contribution in [2.24, 2.45) is 0 Å². The Morgan fingerprint density at radius 2 is 1.95 bits per heavy atom. The highest BCUT2D eigenvalue weighted by Crippen LogP contribution is 2.09. The zero-order valence-corrected chi connectivity index (χ0v) is 11.1. The largest absolute Gasteiger partial charge is 0.315 e. The first-order valence-corrected chi connectivity index (χ1v) is 6.83. The second kappa shape index (κ2) is 7.53. The van der Waals surface area contributed by atoms with Gasteiger partial charge in [-0.3, -0.25) is 4.90 Å². The molecule has 1 aliphatic heterocycles. The Kier molecular flexibility index (Phi) is 5.69. The standard InChI is InChI=1S/C14H21F2N3/c15-13-2-1-12(14(16)11-13)3-4-17-5-8-19-9-6-18-7-10-19/h1-2,11,17-18H,3-10H2. The number of hydrogen-bond acceptors (Lipinski definition) is 3. The van der Waals surface area contributed by atoms with E-state index in [1.54, 1.807) is 0 Å². The molecule has 3 nitrogen and oxygen atoms in total. The summed E-state index contributed by atoms with van der Waals surface area (Å²) < 4.78 is 26.1. The first-order chi connectivity index (χ1) is 9.25. The Morgan fingerprint density at radius 1 is 1.16 bits per heavy atom. The minimum Gasteiger partial charge on any atom is -0.315 e. The van der Waals surface area contributed by atoms with Gasteiger partial charge in [-0.25, -0.2) is 8.78 Å². The van der Waals surface area contributed by atoms with Gasteiger partial charge in [-0.1, -0.05) is 6.07 Å². The van der Waals surface area contributed by atoms with Crippen LogP contribution >= 0.6 is 0 Å². The van der Waals surface area contributed by atoms with E-state index in [2.05, 4.69) is 15.5 Å². The monoisotopic (exact) mass is 269 g/mol. The predicted octanol–water partition coefficient (Wildman–Crippen LogP) is 1.00. The Hall–Kier alpha value is -1.04.